The summed E-state index contributed by atoms with van der Waals surface area (Å²) in [6, 6.07) is 3.96. The Kier molecular flexibility index (Phi) is 2.78. The summed E-state index contributed by atoms with van der Waals surface area (Å²) in [6.45, 7) is 0. The highest BCUT2D eigenvalue weighted by molar-refractivity contribution is 6.08. The summed E-state index contributed by atoms with van der Waals surface area (Å²) in [5, 5.41) is 2.78. The average molecular weight is 236 g/mol. The fourth-order valence-electron chi connectivity index (χ4n) is 1.63. The van der Waals surface area contributed by atoms with E-state index in [2.05, 4.69) is 15.0 Å². The summed E-state index contributed by atoms with van der Waals surface area (Å²) in [6.07, 6.45) is 0.417. The van der Waals surface area contributed by atoms with Crippen LogP contribution in [-0.2, 0) is 9.53 Å². The van der Waals surface area contributed by atoms with Gasteiger partial charge in [0.2, 0.25) is 6.41 Å². The molecule has 0 fully saturated rings. The van der Waals surface area contributed by atoms with Crippen molar-refractivity contribution < 1.29 is 18.7 Å². The zero-order chi connectivity index (χ0) is 12.4. The Morgan fingerprint density at radius 1 is 1.53 bits per heavy atom. The number of aromatic amines is 1. The van der Waals surface area contributed by atoms with E-state index in [0.29, 0.717) is 17.3 Å². The predicted molar refractivity (Wildman–Crippen MR) is 59.3 cm³/mol. The van der Waals surface area contributed by atoms with Gasteiger partial charge in [-0.25, -0.2) is 9.18 Å². The second kappa shape index (κ2) is 4.25. The van der Waals surface area contributed by atoms with Gasteiger partial charge in [0.05, 0.1) is 12.8 Å². The van der Waals surface area contributed by atoms with E-state index < -0.39 is 11.8 Å². The van der Waals surface area contributed by atoms with E-state index in [9.17, 15) is 14.0 Å². The molecule has 0 spiro atoms. The molecule has 5 nitrogen and oxygen atoms in total. The minimum Gasteiger partial charge on any atom is -0.464 e. The Morgan fingerprint density at radius 3 is 2.94 bits per heavy atom. The number of fused-ring (bicyclic) bond motifs is 1. The molecule has 0 atom stereocenters. The number of H-pyrrole nitrogens is 1. The molecular formula is C11H9FN2O3. The second-order valence-electron chi connectivity index (χ2n) is 3.32. The van der Waals surface area contributed by atoms with E-state index in [0.717, 1.165) is 0 Å². The van der Waals surface area contributed by atoms with E-state index in [1.165, 1.54) is 25.3 Å². The van der Waals surface area contributed by atoms with Gasteiger partial charge in [-0.05, 0) is 18.2 Å². The molecule has 0 saturated carbocycles. The van der Waals surface area contributed by atoms with Crippen molar-refractivity contribution >= 4 is 29.0 Å². The summed E-state index contributed by atoms with van der Waals surface area (Å²) < 4.78 is 17.7. The largest absolute Gasteiger partial charge is 0.464 e. The molecule has 1 aromatic heterocycles. The highest BCUT2D eigenvalue weighted by atomic mass is 19.1. The van der Waals surface area contributed by atoms with Crippen LogP contribution in [0, 0.1) is 5.82 Å². The van der Waals surface area contributed by atoms with Crippen LogP contribution in [0.25, 0.3) is 10.9 Å². The van der Waals surface area contributed by atoms with Gasteiger partial charge in [0.25, 0.3) is 0 Å². The van der Waals surface area contributed by atoms with Crippen molar-refractivity contribution in [2.75, 3.05) is 12.4 Å². The van der Waals surface area contributed by atoms with E-state index in [1.807, 2.05) is 0 Å². The van der Waals surface area contributed by atoms with Crippen molar-refractivity contribution in [2.24, 2.45) is 0 Å². The molecule has 0 bridgehead atoms. The Labute approximate surface area is 95.6 Å². The van der Waals surface area contributed by atoms with Crippen LogP contribution in [0.4, 0.5) is 10.1 Å². The van der Waals surface area contributed by atoms with Crippen molar-refractivity contribution in [3.8, 4) is 0 Å². The van der Waals surface area contributed by atoms with Crippen LogP contribution in [-0.4, -0.2) is 24.5 Å². The maximum Gasteiger partial charge on any atom is 0.356 e. The van der Waals surface area contributed by atoms with E-state index >= 15 is 0 Å². The zero-order valence-electron chi connectivity index (χ0n) is 8.91. The molecule has 0 aliphatic heterocycles. The van der Waals surface area contributed by atoms with Crippen molar-refractivity contribution in [3.63, 3.8) is 0 Å². The molecule has 1 heterocycles. The normalized spacial score (nSPS) is 10.2. The molecule has 0 aliphatic rings. The van der Waals surface area contributed by atoms with Crippen LogP contribution in [0.15, 0.2) is 18.2 Å². The molecule has 2 aromatic rings. The molecule has 0 unspecified atom stereocenters. The monoisotopic (exact) mass is 236 g/mol. The molecule has 1 amide bonds. The highest BCUT2D eigenvalue weighted by Crippen LogP contribution is 2.28. The van der Waals surface area contributed by atoms with Crippen LogP contribution in [0.3, 0.4) is 0 Å². The van der Waals surface area contributed by atoms with Gasteiger partial charge in [0, 0.05) is 10.9 Å². The Balaban J connectivity index is 2.70. The number of ether oxygens (including phenoxy) is 1. The number of nitrogens with one attached hydrogen (secondary N) is 2. The summed E-state index contributed by atoms with van der Waals surface area (Å²) >= 11 is 0. The van der Waals surface area contributed by atoms with Crippen LogP contribution < -0.4 is 5.32 Å². The average Bonchev–Trinajstić information content (AvgIpc) is 2.67. The summed E-state index contributed by atoms with van der Waals surface area (Å²) in [4.78, 5) is 24.7. The van der Waals surface area contributed by atoms with E-state index in [4.69, 9.17) is 0 Å². The molecule has 2 N–H and O–H groups in total. The SMILES string of the molecule is COC(=O)c1[nH]c2ccc(F)cc2c1NC=O. The number of rotatable bonds is 3. The number of anilines is 1. The smallest absolute Gasteiger partial charge is 0.356 e. The quantitative estimate of drug-likeness (QED) is 0.629. The van der Waals surface area contributed by atoms with Gasteiger partial charge in [0.1, 0.15) is 11.5 Å². The molecule has 17 heavy (non-hydrogen) atoms. The minimum atomic E-state index is -0.633. The lowest BCUT2D eigenvalue weighted by molar-refractivity contribution is -0.105. The van der Waals surface area contributed by atoms with Crippen LogP contribution >= 0.6 is 0 Å². The lowest BCUT2D eigenvalue weighted by Crippen LogP contribution is -2.06. The lowest BCUT2D eigenvalue weighted by atomic mass is 10.2. The van der Waals surface area contributed by atoms with E-state index in [1.54, 1.807) is 0 Å². The van der Waals surface area contributed by atoms with Crippen molar-refractivity contribution in [2.45, 2.75) is 0 Å². The molecule has 88 valence electrons. The third kappa shape index (κ3) is 1.84. The number of carbonyl (C=O) groups is 2. The number of methoxy groups -OCH3 is 1. The molecule has 0 radical (unpaired) electrons. The number of hydrogen-bond donors (Lipinski definition) is 2. The third-order valence-corrected chi connectivity index (χ3v) is 2.35. The maximum absolute atomic E-state index is 13.1. The number of carbonyl (C=O) groups excluding carboxylic acids is 2. The van der Waals surface area contributed by atoms with Gasteiger partial charge < -0.3 is 15.0 Å². The Bertz CT molecular complexity index is 592. The van der Waals surface area contributed by atoms with Crippen LogP contribution in [0.5, 0.6) is 0 Å². The van der Waals surface area contributed by atoms with Gasteiger partial charge >= 0.3 is 5.97 Å². The van der Waals surface area contributed by atoms with Crippen LogP contribution in [0.1, 0.15) is 10.5 Å². The number of aromatic nitrogens is 1. The summed E-state index contributed by atoms with van der Waals surface area (Å²) in [5.74, 6) is -1.09. The first-order valence-corrected chi connectivity index (χ1v) is 4.77. The van der Waals surface area contributed by atoms with Gasteiger partial charge in [-0.15, -0.1) is 0 Å². The van der Waals surface area contributed by atoms with Crippen molar-refractivity contribution in [1.82, 2.24) is 4.98 Å². The Hall–Kier alpha value is -2.37. The van der Waals surface area contributed by atoms with Gasteiger partial charge in [-0.3, -0.25) is 4.79 Å². The first-order chi connectivity index (χ1) is 8.17. The predicted octanol–water partition coefficient (Wildman–Crippen LogP) is 1.66. The van der Waals surface area contributed by atoms with Crippen molar-refractivity contribution in [1.29, 1.82) is 0 Å². The number of halogens is 1. The number of esters is 1. The fourth-order valence-corrected chi connectivity index (χ4v) is 1.63. The summed E-state index contributed by atoms with van der Waals surface area (Å²) in [5.41, 5.74) is 0.831. The maximum atomic E-state index is 13.1. The fraction of sp³-hybridized carbons (Fsp3) is 0.0909. The first-order valence-electron chi connectivity index (χ1n) is 4.77. The van der Waals surface area contributed by atoms with E-state index in [-0.39, 0.29) is 11.4 Å². The number of amides is 1. The van der Waals surface area contributed by atoms with Crippen molar-refractivity contribution in [3.05, 3.63) is 29.7 Å². The molecule has 2 rings (SSSR count). The topological polar surface area (TPSA) is 71.2 Å². The zero-order valence-corrected chi connectivity index (χ0v) is 8.91. The molecular weight excluding hydrogens is 227 g/mol. The lowest BCUT2D eigenvalue weighted by Gasteiger charge is -2.00. The molecule has 1 aromatic carbocycles. The second-order valence-corrected chi connectivity index (χ2v) is 3.32. The third-order valence-electron chi connectivity index (χ3n) is 2.35. The molecule has 0 saturated heterocycles. The van der Waals surface area contributed by atoms with Gasteiger partial charge in [-0.1, -0.05) is 0 Å². The van der Waals surface area contributed by atoms with Crippen LogP contribution in [0.2, 0.25) is 0 Å². The minimum absolute atomic E-state index is 0.0835. The number of hydrogen-bond acceptors (Lipinski definition) is 3. The molecule has 6 heteroatoms. The van der Waals surface area contributed by atoms with Gasteiger partial charge in [0.15, 0.2) is 0 Å². The first kappa shape index (κ1) is 11.1. The Morgan fingerprint density at radius 2 is 2.29 bits per heavy atom. The number of benzene rings is 1. The standard InChI is InChI=1S/C11H9FN2O3/c1-17-11(16)10-9(13-5-15)7-4-6(12)2-3-8(7)14-10/h2-5,14H,1H3,(H,13,15). The van der Waals surface area contributed by atoms with Gasteiger partial charge in [-0.2, -0.15) is 0 Å². The highest BCUT2D eigenvalue weighted by Gasteiger charge is 2.18. The summed E-state index contributed by atoms with van der Waals surface area (Å²) in [7, 11) is 1.22. The molecule has 0 aliphatic carbocycles.